The molecule has 0 radical (unpaired) electrons. The molecule has 0 aliphatic carbocycles. The van der Waals surface area contributed by atoms with Gasteiger partial charge in [-0.05, 0) is 29.0 Å². The van der Waals surface area contributed by atoms with Gasteiger partial charge in [0.25, 0.3) is 5.91 Å². The number of benzene rings is 3. The van der Waals surface area contributed by atoms with Crippen LogP contribution in [0, 0.1) is 0 Å². The molecule has 4 aromatic rings. The number of tetrazole rings is 1. The third-order valence-electron chi connectivity index (χ3n) is 4.37. The lowest BCUT2D eigenvalue weighted by Crippen LogP contribution is -2.24. The standard InChI is InChI=1S/C23H19BrN6O2/c24-20-11-12-21(32-16-17-7-3-1-4-8-17)19(13-20)14-25-26-22(31)15-30-28-23(27-29-30)18-9-5-2-6-10-18/h1-14H,15-16H2,(H,26,31)/b25-14-. The highest BCUT2D eigenvalue weighted by Gasteiger charge is 2.09. The summed E-state index contributed by atoms with van der Waals surface area (Å²) in [4.78, 5) is 13.4. The Labute approximate surface area is 193 Å². The molecule has 8 nitrogen and oxygen atoms in total. The van der Waals surface area contributed by atoms with Crippen molar-refractivity contribution in [3.63, 3.8) is 0 Å². The van der Waals surface area contributed by atoms with E-state index in [-0.39, 0.29) is 12.5 Å². The predicted molar refractivity (Wildman–Crippen MR) is 124 cm³/mol. The summed E-state index contributed by atoms with van der Waals surface area (Å²) >= 11 is 3.45. The van der Waals surface area contributed by atoms with E-state index in [0.717, 1.165) is 21.2 Å². The number of hydrogen-bond acceptors (Lipinski definition) is 6. The quantitative estimate of drug-likeness (QED) is 0.299. The van der Waals surface area contributed by atoms with Gasteiger partial charge in [0.2, 0.25) is 5.82 Å². The molecule has 1 amide bonds. The molecule has 1 N–H and O–H groups in total. The monoisotopic (exact) mass is 490 g/mol. The van der Waals surface area contributed by atoms with Gasteiger partial charge in [-0.2, -0.15) is 9.90 Å². The van der Waals surface area contributed by atoms with Crippen LogP contribution in [0.1, 0.15) is 11.1 Å². The lowest BCUT2D eigenvalue weighted by atomic mass is 10.2. The number of aromatic nitrogens is 4. The van der Waals surface area contributed by atoms with Crippen LogP contribution in [0.2, 0.25) is 0 Å². The van der Waals surface area contributed by atoms with E-state index in [9.17, 15) is 4.79 Å². The topological polar surface area (TPSA) is 94.3 Å². The number of ether oxygens (including phenoxy) is 1. The van der Waals surface area contributed by atoms with Crippen LogP contribution in [0.4, 0.5) is 0 Å². The van der Waals surface area contributed by atoms with Gasteiger partial charge in [0.1, 0.15) is 18.9 Å². The van der Waals surface area contributed by atoms with Crippen LogP contribution < -0.4 is 10.2 Å². The van der Waals surface area contributed by atoms with Gasteiger partial charge in [-0.15, -0.1) is 10.2 Å². The van der Waals surface area contributed by atoms with E-state index >= 15 is 0 Å². The molecule has 0 fully saturated rings. The molecule has 0 saturated heterocycles. The maximum atomic E-state index is 12.2. The van der Waals surface area contributed by atoms with Crippen LogP contribution in [-0.4, -0.2) is 32.3 Å². The Kier molecular flexibility index (Phi) is 6.98. The minimum atomic E-state index is -0.375. The molecular formula is C23H19BrN6O2. The second kappa shape index (κ2) is 10.5. The molecule has 0 spiro atoms. The van der Waals surface area contributed by atoms with E-state index in [1.807, 2.05) is 78.9 Å². The lowest BCUT2D eigenvalue weighted by Gasteiger charge is -2.09. The molecule has 1 heterocycles. The zero-order chi connectivity index (χ0) is 22.2. The average Bonchev–Trinajstić information content (AvgIpc) is 3.28. The number of amides is 1. The molecule has 0 aliphatic rings. The van der Waals surface area contributed by atoms with Crippen molar-refractivity contribution in [2.24, 2.45) is 5.10 Å². The molecule has 1 aromatic heterocycles. The molecule has 0 aliphatic heterocycles. The van der Waals surface area contributed by atoms with E-state index in [1.165, 1.54) is 11.0 Å². The van der Waals surface area contributed by atoms with Gasteiger partial charge in [-0.3, -0.25) is 4.79 Å². The first-order valence-electron chi connectivity index (χ1n) is 9.79. The van der Waals surface area contributed by atoms with Crippen molar-refractivity contribution in [3.8, 4) is 17.1 Å². The van der Waals surface area contributed by atoms with Crippen LogP contribution in [-0.2, 0) is 17.9 Å². The Bertz CT molecular complexity index is 1210. The van der Waals surface area contributed by atoms with Crippen molar-refractivity contribution in [2.45, 2.75) is 13.2 Å². The van der Waals surface area contributed by atoms with Crippen molar-refractivity contribution in [3.05, 3.63) is 94.5 Å². The summed E-state index contributed by atoms with van der Waals surface area (Å²) in [5.41, 5.74) is 5.09. The van der Waals surface area contributed by atoms with E-state index < -0.39 is 0 Å². The number of hydrogen-bond donors (Lipinski definition) is 1. The Morgan fingerprint density at radius 3 is 2.59 bits per heavy atom. The van der Waals surface area contributed by atoms with Gasteiger partial charge in [0, 0.05) is 15.6 Å². The number of halogens is 1. The number of carbonyl (C=O) groups is 1. The van der Waals surface area contributed by atoms with Crippen molar-refractivity contribution < 1.29 is 9.53 Å². The maximum absolute atomic E-state index is 12.2. The van der Waals surface area contributed by atoms with Crippen molar-refractivity contribution in [1.29, 1.82) is 0 Å². The molecule has 0 bridgehead atoms. The Morgan fingerprint density at radius 2 is 1.81 bits per heavy atom. The van der Waals surface area contributed by atoms with E-state index in [2.05, 4.69) is 41.9 Å². The fourth-order valence-electron chi connectivity index (χ4n) is 2.84. The van der Waals surface area contributed by atoms with E-state index in [4.69, 9.17) is 4.74 Å². The van der Waals surface area contributed by atoms with Crippen LogP contribution >= 0.6 is 15.9 Å². The first kappa shape index (κ1) is 21.4. The summed E-state index contributed by atoms with van der Waals surface area (Å²) in [6.45, 7) is 0.324. The van der Waals surface area contributed by atoms with Crippen LogP contribution in [0.15, 0.2) is 88.4 Å². The molecular weight excluding hydrogens is 472 g/mol. The smallest absolute Gasteiger partial charge is 0.263 e. The number of nitrogens with one attached hydrogen (secondary N) is 1. The molecule has 0 unspecified atom stereocenters. The third-order valence-corrected chi connectivity index (χ3v) is 4.86. The molecule has 3 aromatic carbocycles. The molecule has 0 saturated carbocycles. The Hall–Kier alpha value is -3.85. The SMILES string of the molecule is O=C(Cn1nnc(-c2ccccc2)n1)N/N=C\c1cc(Br)ccc1OCc1ccccc1. The summed E-state index contributed by atoms with van der Waals surface area (Å²) < 4.78 is 6.79. The Morgan fingerprint density at radius 1 is 1.06 bits per heavy atom. The number of hydrazone groups is 1. The third kappa shape index (κ3) is 5.86. The minimum absolute atomic E-state index is 0.104. The second-order valence-electron chi connectivity index (χ2n) is 6.76. The van der Waals surface area contributed by atoms with Gasteiger partial charge in [-0.25, -0.2) is 5.43 Å². The van der Waals surface area contributed by atoms with E-state index in [0.29, 0.717) is 18.2 Å². The largest absolute Gasteiger partial charge is 0.488 e. The normalized spacial score (nSPS) is 10.9. The van der Waals surface area contributed by atoms with Gasteiger partial charge in [0.05, 0.1) is 6.21 Å². The predicted octanol–water partition coefficient (Wildman–Crippen LogP) is 3.83. The van der Waals surface area contributed by atoms with Gasteiger partial charge in [-0.1, -0.05) is 76.6 Å². The first-order chi connectivity index (χ1) is 15.7. The van der Waals surface area contributed by atoms with Crippen molar-refractivity contribution in [2.75, 3.05) is 0 Å². The summed E-state index contributed by atoms with van der Waals surface area (Å²) in [6, 6.07) is 24.9. The number of nitrogens with zero attached hydrogens (tertiary/aromatic N) is 5. The average molecular weight is 491 g/mol. The number of rotatable bonds is 8. The highest BCUT2D eigenvalue weighted by molar-refractivity contribution is 9.10. The van der Waals surface area contributed by atoms with Crippen LogP contribution in [0.25, 0.3) is 11.4 Å². The molecule has 9 heteroatoms. The maximum Gasteiger partial charge on any atom is 0.263 e. The molecule has 0 atom stereocenters. The van der Waals surface area contributed by atoms with Gasteiger partial charge < -0.3 is 4.74 Å². The minimum Gasteiger partial charge on any atom is -0.488 e. The lowest BCUT2D eigenvalue weighted by molar-refractivity contribution is -0.122. The zero-order valence-electron chi connectivity index (χ0n) is 16.9. The van der Waals surface area contributed by atoms with Crippen molar-refractivity contribution in [1.82, 2.24) is 25.6 Å². The van der Waals surface area contributed by atoms with E-state index in [1.54, 1.807) is 0 Å². The molecule has 32 heavy (non-hydrogen) atoms. The Balaban J connectivity index is 1.36. The van der Waals surface area contributed by atoms with Gasteiger partial charge in [0.15, 0.2) is 0 Å². The number of carbonyl (C=O) groups excluding carboxylic acids is 1. The molecule has 160 valence electrons. The highest BCUT2D eigenvalue weighted by atomic mass is 79.9. The summed E-state index contributed by atoms with van der Waals surface area (Å²) in [7, 11) is 0. The fraction of sp³-hybridized carbons (Fsp3) is 0.0870. The molecule has 4 rings (SSSR count). The van der Waals surface area contributed by atoms with Gasteiger partial charge >= 0.3 is 0 Å². The van der Waals surface area contributed by atoms with Crippen LogP contribution in [0.5, 0.6) is 5.75 Å². The van der Waals surface area contributed by atoms with Crippen LogP contribution in [0.3, 0.4) is 0 Å². The summed E-state index contributed by atoms with van der Waals surface area (Å²) in [5.74, 6) is 0.733. The van der Waals surface area contributed by atoms with Crippen molar-refractivity contribution >= 4 is 28.1 Å². The zero-order valence-corrected chi connectivity index (χ0v) is 18.5. The summed E-state index contributed by atoms with van der Waals surface area (Å²) in [6.07, 6.45) is 1.53. The highest BCUT2D eigenvalue weighted by Crippen LogP contribution is 2.22. The second-order valence-corrected chi connectivity index (χ2v) is 7.67. The first-order valence-corrected chi connectivity index (χ1v) is 10.6. The summed E-state index contributed by atoms with van der Waals surface area (Å²) in [5, 5.41) is 16.2. The fourth-order valence-corrected chi connectivity index (χ4v) is 3.22.